The number of rotatable bonds is 5. The van der Waals surface area contributed by atoms with E-state index in [0.717, 1.165) is 0 Å². The third kappa shape index (κ3) is 4.53. The second-order valence-electron chi connectivity index (χ2n) is 2.72. The second-order valence-corrected chi connectivity index (χ2v) is 3.49. The number of imide groups is 1. The van der Waals surface area contributed by atoms with E-state index in [-0.39, 0.29) is 4.90 Å². The van der Waals surface area contributed by atoms with Crippen LogP contribution in [0.2, 0.25) is 0 Å². The Balaban J connectivity index is 4.86. The van der Waals surface area contributed by atoms with Crippen LogP contribution in [0.25, 0.3) is 0 Å². The molecule has 0 aromatic rings. The number of carboxylic acids is 2. The maximum Gasteiger partial charge on any atom is 0.326 e. The molecule has 1 atom stereocenters. The summed E-state index contributed by atoms with van der Waals surface area (Å²) in [6.07, 6.45) is -0.890. The van der Waals surface area contributed by atoms with E-state index < -0.39 is 41.3 Å². The molecular formula is C7H9NO6S2. The fourth-order valence-electron chi connectivity index (χ4n) is 0.972. The molecule has 0 aromatic carbocycles. The number of hydrogen-bond acceptors (Lipinski definition) is 4. The number of amides is 2. The number of nitrogens with zero attached hydrogens (tertiary/aromatic N) is 1. The predicted molar refractivity (Wildman–Crippen MR) is 58.9 cm³/mol. The number of aliphatic carboxylic acids is 2. The van der Waals surface area contributed by atoms with E-state index in [0.29, 0.717) is 0 Å². The molecule has 0 heterocycles. The normalized spacial score (nSPS) is 11.6. The average molecular weight is 267 g/mol. The lowest BCUT2D eigenvalue weighted by Gasteiger charge is -2.22. The van der Waals surface area contributed by atoms with Gasteiger partial charge in [-0.2, -0.15) is 0 Å². The van der Waals surface area contributed by atoms with Crippen molar-refractivity contribution in [1.82, 2.24) is 4.90 Å². The van der Waals surface area contributed by atoms with Crippen LogP contribution in [0.3, 0.4) is 0 Å². The molecule has 0 aliphatic carbocycles. The van der Waals surface area contributed by atoms with Crippen LogP contribution in [-0.2, 0) is 9.59 Å². The van der Waals surface area contributed by atoms with Gasteiger partial charge in [-0.3, -0.25) is 19.3 Å². The first-order chi connectivity index (χ1) is 7.27. The third-order valence-electron chi connectivity index (χ3n) is 1.64. The van der Waals surface area contributed by atoms with Crippen molar-refractivity contribution in [1.29, 1.82) is 0 Å². The molecule has 0 aliphatic rings. The van der Waals surface area contributed by atoms with Crippen molar-refractivity contribution in [2.75, 3.05) is 0 Å². The Kier molecular flexibility index (Phi) is 5.89. The van der Waals surface area contributed by atoms with Gasteiger partial charge in [-0.15, -0.1) is 0 Å². The van der Waals surface area contributed by atoms with Crippen LogP contribution >= 0.6 is 25.3 Å². The van der Waals surface area contributed by atoms with Gasteiger partial charge in [0.25, 0.3) is 10.5 Å². The van der Waals surface area contributed by atoms with Crippen LogP contribution < -0.4 is 0 Å². The van der Waals surface area contributed by atoms with Gasteiger partial charge >= 0.3 is 11.9 Å². The summed E-state index contributed by atoms with van der Waals surface area (Å²) in [6.45, 7) is 0. The van der Waals surface area contributed by atoms with Crippen LogP contribution in [0.1, 0.15) is 12.8 Å². The first-order valence-electron chi connectivity index (χ1n) is 3.97. The third-order valence-corrected chi connectivity index (χ3v) is 2.07. The van der Waals surface area contributed by atoms with Gasteiger partial charge in [0.2, 0.25) is 0 Å². The lowest BCUT2D eigenvalue weighted by atomic mass is 10.1. The second kappa shape index (κ2) is 6.38. The Morgan fingerprint density at radius 2 is 1.50 bits per heavy atom. The van der Waals surface area contributed by atoms with E-state index >= 15 is 0 Å². The minimum absolute atomic E-state index is 0.275. The van der Waals surface area contributed by atoms with Gasteiger partial charge in [0.1, 0.15) is 6.04 Å². The highest BCUT2D eigenvalue weighted by atomic mass is 32.1. The van der Waals surface area contributed by atoms with Gasteiger partial charge in [0.15, 0.2) is 0 Å². The average Bonchev–Trinajstić information content (AvgIpc) is 2.09. The van der Waals surface area contributed by atoms with Gasteiger partial charge in [0.05, 0.1) is 0 Å². The van der Waals surface area contributed by atoms with E-state index in [4.69, 9.17) is 10.2 Å². The van der Waals surface area contributed by atoms with Crippen molar-refractivity contribution >= 4 is 47.7 Å². The van der Waals surface area contributed by atoms with E-state index in [1.165, 1.54) is 0 Å². The highest BCUT2D eigenvalue weighted by Gasteiger charge is 2.32. The molecule has 2 N–H and O–H groups in total. The van der Waals surface area contributed by atoms with E-state index in [1.54, 1.807) is 0 Å². The largest absolute Gasteiger partial charge is 0.481 e. The number of carboxylic acid groups (broad SMARTS) is 2. The smallest absolute Gasteiger partial charge is 0.326 e. The molecule has 0 spiro atoms. The number of carbonyl (C=O) groups excluding carboxylic acids is 2. The molecule has 16 heavy (non-hydrogen) atoms. The Labute approximate surface area is 101 Å². The quantitative estimate of drug-likeness (QED) is 0.546. The van der Waals surface area contributed by atoms with Gasteiger partial charge in [-0.05, 0) is 6.42 Å². The summed E-state index contributed by atoms with van der Waals surface area (Å²) in [4.78, 5) is 43.1. The van der Waals surface area contributed by atoms with Crippen molar-refractivity contribution in [3.8, 4) is 0 Å². The van der Waals surface area contributed by atoms with Crippen molar-refractivity contribution in [2.45, 2.75) is 18.9 Å². The van der Waals surface area contributed by atoms with E-state index in [1.807, 2.05) is 0 Å². The highest BCUT2D eigenvalue weighted by molar-refractivity contribution is 7.98. The molecule has 2 amide bonds. The predicted octanol–water partition coefficient (Wildman–Crippen LogP) is 0.706. The zero-order valence-corrected chi connectivity index (χ0v) is 9.65. The first kappa shape index (κ1) is 14.8. The number of hydrogen-bond donors (Lipinski definition) is 4. The van der Waals surface area contributed by atoms with Crippen LogP contribution in [0.5, 0.6) is 0 Å². The molecule has 0 fully saturated rings. The molecule has 0 bridgehead atoms. The lowest BCUT2D eigenvalue weighted by molar-refractivity contribution is -0.142. The van der Waals surface area contributed by atoms with E-state index in [9.17, 15) is 19.2 Å². The van der Waals surface area contributed by atoms with Gasteiger partial charge in [-0.25, -0.2) is 4.79 Å². The van der Waals surface area contributed by atoms with Crippen LogP contribution in [0.15, 0.2) is 0 Å². The fraction of sp³-hybridized carbons (Fsp3) is 0.429. The first-order valence-corrected chi connectivity index (χ1v) is 4.86. The molecule has 0 aliphatic heterocycles. The van der Waals surface area contributed by atoms with Crippen molar-refractivity contribution in [2.24, 2.45) is 0 Å². The molecular weight excluding hydrogens is 258 g/mol. The lowest BCUT2D eigenvalue weighted by Crippen LogP contribution is -2.44. The molecule has 90 valence electrons. The van der Waals surface area contributed by atoms with Crippen molar-refractivity contribution < 1.29 is 29.4 Å². The summed E-state index contributed by atoms with van der Waals surface area (Å²) >= 11 is 6.63. The summed E-state index contributed by atoms with van der Waals surface area (Å²) in [5, 5.41) is 14.9. The fourth-order valence-corrected chi connectivity index (χ4v) is 1.51. The minimum Gasteiger partial charge on any atom is -0.481 e. The molecule has 0 rings (SSSR count). The summed E-state index contributed by atoms with van der Waals surface area (Å²) < 4.78 is 0. The van der Waals surface area contributed by atoms with Gasteiger partial charge in [0, 0.05) is 6.42 Å². The van der Waals surface area contributed by atoms with Crippen LogP contribution in [-0.4, -0.2) is 43.6 Å². The Bertz CT molecular complexity index is 317. The maximum atomic E-state index is 10.9. The molecule has 7 nitrogen and oxygen atoms in total. The Hall–Kier alpha value is -1.22. The Morgan fingerprint density at radius 3 is 1.75 bits per heavy atom. The number of carbonyl (C=O) groups is 4. The SMILES string of the molecule is O=C(O)CCC(C(=O)O)N(C(=O)S)C(=O)S. The topological polar surface area (TPSA) is 112 Å². The monoisotopic (exact) mass is 267 g/mol. The van der Waals surface area contributed by atoms with Gasteiger partial charge in [-0.1, -0.05) is 25.3 Å². The molecule has 0 saturated carbocycles. The van der Waals surface area contributed by atoms with Crippen LogP contribution in [0, 0.1) is 0 Å². The zero-order chi connectivity index (χ0) is 12.9. The van der Waals surface area contributed by atoms with Crippen molar-refractivity contribution in [3.05, 3.63) is 0 Å². The number of thiol groups is 2. The van der Waals surface area contributed by atoms with Gasteiger partial charge < -0.3 is 10.2 Å². The summed E-state index contributed by atoms with van der Waals surface area (Å²) in [6, 6.07) is -1.58. The molecule has 0 saturated heterocycles. The Morgan fingerprint density at radius 1 is 1.06 bits per heavy atom. The minimum atomic E-state index is -1.58. The van der Waals surface area contributed by atoms with Crippen LogP contribution in [0.4, 0.5) is 9.59 Å². The maximum absolute atomic E-state index is 10.9. The standard InChI is InChI=1S/C7H9NO6S2/c9-4(10)2-1-3(5(11)12)8(6(13)15)7(14)16/h3H,1-2H2,(H,9,10)(H,11,12)(H,13,15)(H,14,16). The molecule has 9 heteroatoms. The highest BCUT2D eigenvalue weighted by Crippen LogP contribution is 2.13. The summed E-state index contributed by atoms with van der Waals surface area (Å²) in [5.74, 6) is -2.73. The van der Waals surface area contributed by atoms with Crippen molar-refractivity contribution in [3.63, 3.8) is 0 Å². The molecule has 0 aromatic heterocycles. The summed E-state index contributed by atoms with van der Waals surface area (Å²) in [5.41, 5.74) is 0. The van der Waals surface area contributed by atoms with E-state index in [2.05, 4.69) is 25.3 Å². The molecule has 1 unspecified atom stereocenters. The summed E-state index contributed by atoms with van der Waals surface area (Å²) in [7, 11) is 0. The molecule has 0 radical (unpaired) electrons. The zero-order valence-electron chi connectivity index (χ0n) is 7.86.